The maximum absolute atomic E-state index is 11.7. The van der Waals surface area contributed by atoms with Crippen LogP contribution in [0.15, 0.2) is 30.3 Å². The third-order valence-corrected chi connectivity index (χ3v) is 2.51. The van der Waals surface area contributed by atoms with Gasteiger partial charge in [-0.1, -0.05) is 30.3 Å². The molecular weight excluding hydrogens is 256 g/mol. The van der Waals surface area contributed by atoms with Crippen LogP contribution in [0.25, 0.3) is 0 Å². The van der Waals surface area contributed by atoms with Crippen LogP contribution in [0.3, 0.4) is 0 Å². The number of benzene rings is 1. The maximum Gasteiger partial charge on any atom is 0.410 e. The van der Waals surface area contributed by atoms with Gasteiger partial charge in [0.15, 0.2) is 0 Å². The van der Waals surface area contributed by atoms with E-state index >= 15 is 0 Å². The molecule has 0 atom stereocenters. The van der Waals surface area contributed by atoms with Gasteiger partial charge in [0.05, 0.1) is 6.61 Å². The summed E-state index contributed by atoms with van der Waals surface area (Å²) < 4.78 is 5.23. The predicted octanol–water partition coefficient (Wildman–Crippen LogP) is 1.58. The molecule has 18 heavy (non-hydrogen) atoms. The normalized spacial score (nSPS) is 15.4. The van der Waals surface area contributed by atoms with Crippen molar-refractivity contribution >= 4 is 18.5 Å². The van der Waals surface area contributed by atoms with Crippen LogP contribution in [0, 0.1) is 0 Å². The molecule has 1 saturated heterocycles. The van der Waals surface area contributed by atoms with Gasteiger partial charge in [-0.25, -0.2) is 10.3 Å². The minimum Gasteiger partial charge on any atom is -0.445 e. The van der Waals surface area contributed by atoms with Gasteiger partial charge in [0, 0.05) is 19.6 Å². The Morgan fingerprint density at radius 3 is 2.89 bits per heavy atom. The van der Waals surface area contributed by atoms with Gasteiger partial charge in [0.2, 0.25) is 0 Å². The first kappa shape index (κ1) is 14.8. The predicted molar refractivity (Wildman–Crippen MR) is 69.4 cm³/mol. The summed E-state index contributed by atoms with van der Waals surface area (Å²) in [6.07, 6.45) is -0.291. The zero-order chi connectivity index (χ0) is 11.9. The van der Waals surface area contributed by atoms with E-state index in [1.807, 2.05) is 30.3 Å². The van der Waals surface area contributed by atoms with Crippen molar-refractivity contribution in [3.63, 3.8) is 0 Å². The number of rotatable bonds is 2. The summed E-state index contributed by atoms with van der Waals surface area (Å²) in [5.74, 6) is 0. The molecule has 1 aliphatic rings. The molecule has 1 amide bonds. The van der Waals surface area contributed by atoms with Crippen molar-refractivity contribution in [1.29, 1.82) is 0 Å². The Morgan fingerprint density at radius 2 is 2.11 bits per heavy atom. The van der Waals surface area contributed by atoms with Crippen LogP contribution in [-0.2, 0) is 16.2 Å². The van der Waals surface area contributed by atoms with E-state index in [-0.39, 0.29) is 18.5 Å². The molecule has 1 N–H and O–H groups in total. The highest BCUT2D eigenvalue weighted by molar-refractivity contribution is 5.85. The zero-order valence-corrected chi connectivity index (χ0v) is 10.8. The fourth-order valence-electron chi connectivity index (χ4n) is 1.59. The van der Waals surface area contributed by atoms with Gasteiger partial charge < -0.3 is 9.64 Å². The summed E-state index contributed by atoms with van der Waals surface area (Å²) in [5.41, 5.74) is 3.75. The number of hydrogen-bond acceptors (Lipinski definition) is 4. The number of hydrogen-bond donors (Lipinski definition) is 1. The first-order chi connectivity index (χ1) is 8.36. The molecule has 1 heterocycles. The number of hydroxylamine groups is 1. The lowest BCUT2D eigenvalue weighted by Gasteiger charge is -2.18. The lowest BCUT2D eigenvalue weighted by molar-refractivity contribution is 0.0524. The Balaban J connectivity index is 0.00000162. The largest absolute Gasteiger partial charge is 0.445 e. The van der Waals surface area contributed by atoms with Gasteiger partial charge in [0.1, 0.15) is 6.61 Å². The summed E-state index contributed by atoms with van der Waals surface area (Å²) in [7, 11) is 0. The molecule has 1 fully saturated rings. The highest BCUT2D eigenvalue weighted by Gasteiger charge is 2.16. The van der Waals surface area contributed by atoms with Gasteiger partial charge in [-0.2, -0.15) is 0 Å². The van der Waals surface area contributed by atoms with Crippen LogP contribution in [0.5, 0.6) is 0 Å². The van der Waals surface area contributed by atoms with Crippen molar-refractivity contribution in [3.05, 3.63) is 35.9 Å². The van der Waals surface area contributed by atoms with Crippen molar-refractivity contribution in [1.82, 2.24) is 10.4 Å². The Bertz CT molecular complexity index is 354. The van der Waals surface area contributed by atoms with E-state index in [9.17, 15) is 4.79 Å². The van der Waals surface area contributed by atoms with Crippen LogP contribution >= 0.6 is 12.4 Å². The van der Waals surface area contributed by atoms with E-state index in [1.165, 1.54) is 0 Å². The molecule has 0 unspecified atom stereocenters. The summed E-state index contributed by atoms with van der Waals surface area (Å²) in [6, 6.07) is 9.64. The fraction of sp³-hybridized carbons (Fsp3) is 0.417. The quantitative estimate of drug-likeness (QED) is 0.888. The third kappa shape index (κ3) is 4.52. The number of nitrogens with zero attached hydrogens (tertiary/aromatic N) is 1. The topological polar surface area (TPSA) is 50.8 Å². The molecule has 0 aliphatic carbocycles. The minimum atomic E-state index is -0.291. The summed E-state index contributed by atoms with van der Waals surface area (Å²) in [6.45, 7) is 2.58. The molecule has 2 rings (SSSR count). The molecule has 6 heteroatoms. The molecule has 0 aromatic heterocycles. The Labute approximate surface area is 112 Å². The van der Waals surface area contributed by atoms with E-state index < -0.39 is 0 Å². The van der Waals surface area contributed by atoms with E-state index in [2.05, 4.69) is 5.48 Å². The second-order valence-electron chi connectivity index (χ2n) is 3.77. The van der Waals surface area contributed by atoms with Crippen molar-refractivity contribution in [3.8, 4) is 0 Å². The third-order valence-electron chi connectivity index (χ3n) is 2.51. The van der Waals surface area contributed by atoms with Crippen LogP contribution in [-0.4, -0.2) is 37.2 Å². The number of ether oxygens (including phenoxy) is 1. The minimum absolute atomic E-state index is 0. The second-order valence-corrected chi connectivity index (χ2v) is 3.77. The molecule has 1 aromatic rings. The van der Waals surface area contributed by atoms with Crippen LogP contribution in [0.2, 0.25) is 0 Å². The van der Waals surface area contributed by atoms with Gasteiger partial charge in [-0.3, -0.25) is 4.84 Å². The van der Waals surface area contributed by atoms with Crippen LogP contribution in [0.4, 0.5) is 4.79 Å². The molecule has 0 bridgehead atoms. The average Bonchev–Trinajstić information content (AvgIpc) is 2.66. The zero-order valence-electron chi connectivity index (χ0n) is 10.0. The Hall–Kier alpha value is -1.30. The number of amides is 1. The maximum atomic E-state index is 11.7. The lowest BCUT2D eigenvalue weighted by atomic mass is 10.2. The van der Waals surface area contributed by atoms with E-state index in [4.69, 9.17) is 9.57 Å². The van der Waals surface area contributed by atoms with E-state index in [1.54, 1.807) is 4.90 Å². The highest BCUT2D eigenvalue weighted by Crippen LogP contribution is 2.03. The van der Waals surface area contributed by atoms with Crippen molar-refractivity contribution in [2.24, 2.45) is 0 Å². The van der Waals surface area contributed by atoms with Crippen molar-refractivity contribution in [2.75, 3.05) is 26.2 Å². The Kier molecular flexibility index (Phi) is 6.49. The van der Waals surface area contributed by atoms with Crippen LogP contribution in [0.1, 0.15) is 5.56 Å². The lowest BCUT2D eigenvalue weighted by Crippen LogP contribution is -2.35. The Morgan fingerprint density at radius 1 is 1.33 bits per heavy atom. The molecule has 1 aliphatic heterocycles. The van der Waals surface area contributed by atoms with Gasteiger partial charge in [-0.15, -0.1) is 12.4 Å². The molecule has 0 spiro atoms. The number of carbonyl (C=O) groups is 1. The molecule has 0 saturated carbocycles. The molecule has 0 radical (unpaired) electrons. The average molecular weight is 273 g/mol. The summed E-state index contributed by atoms with van der Waals surface area (Å²) in [5, 5.41) is 0. The second kappa shape index (κ2) is 7.92. The standard InChI is InChI=1S/C12H16N2O3.ClH/c15-12(14-7-6-13-17-9-8-14)16-10-11-4-2-1-3-5-11;/h1-5,13H,6-10H2;1H. The van der Waals surface area contributed by atoms with Gasteiger partial charge in [0.25, 0.3) is 0 Å². The number of carbonyl (C=O) groups excluding carboxylic acids is 1. The highest BCUT2D eigenvalue weighted by atomic mass is 35.5. The summed E-state index contributed by atoms with van der Waals surface area (Å²) in [4.78, 5) is 18.4. The van der Waals surface area contributed by atoms with Crippen molar-refractivity contribution < 1.29 is 14.4 Å². The number of nitrogens with one attached hydrogen (secondary N) is 1. The van der Waals surface area contributed by atoms with E-state index in [0.29, 0.717) is 32.8 Å². The molecular formula is C12H17ClN2O3. The first-order valence-electron chi connectivity index (χ1n) is 5.66. The van der Waals surface area contributed by atoms with Crippen LogP contribution < -0.4 is 5.48 Å². The monoisotopic (exact) mass is 272 g/mol. The van der Waals surface area contributed by atoms with E-state index in [0.717, 1.165) is 5.56 Å². The summed E-state index contributed by atoms with van der Waals surface area (Å²) >= 11 is 0. The van der Waals surface area contributed by atoms with Gasteiger partial charge >= 0.3 is 6.09 Å². The fourth-order valence-corrected chi connectivity index (χ4v) is 1.59. The van der Waals surface area contributed by atoms with Crippen molar-refractivity contribution in [2.45, 2.75) is 6.61 Å². The van der Waals surface area contributed by atoms with Gasteiger partial charge in [-0.05, 0) is 5.56 Å². The number of halogens is 1. The molecule has 5 nitrogen and oxygen atoms in total. The molecule has 100 valence electrons. The first-order valence-corrected chi connectivity index (χ1v) is 5.66. The molecule has 1 aromatic carbocycles. The SMILES string of the molecule is Cl.O=C(OCc1ccccc1)N1CCNOCC1. The smallest absolute Gasteiger partial charge is 0.410 e.